The summed E-state index contributed by atoms with van der Waals surface area (Å²) in [5.41, 5.74) is 1.64. The Kier molecular flexibility index (Phi) is 7.04. The minimum atomic E-state index is -0.198. The van der Waals surface area contributed by atoms with Crippen molar-refractivity contribution in [3.05, 3.63) is 74.3 Å². The smallest absolute Gasteiger partial charge is 0.291 e. The van der Waals surface area contributed by atoms with Crippen LogP contribution in [0.1, 0.15) is 37.2 Å². The molecule has 0 saturated heterocycles. The lowest BCUT2D eigenvalue weighted by Crippen LogP contribution is -2.23. The summed E-state index contributed by atoms with van der Waals surface area (Å²) in [6.07, 6.45) is 6.42. The van der Waals surface area contributed by atoms with Gasteiger partial charge in [-0.05, 0) is 60.9 Å². The molecule has 8 heteroatoms. The highest BCUT2D eigenvalue weighted by Gasteiger charge is 2.10. The average Bonchev–Trinajstić information content (AvgIpc) is 3.36. The summed E-state index contributed by atoms with van der Waals surface area (Å²) in [5.74, 6) is 2.65. The van der Waals surface area contributed by atoms with Gasteiger partial charge in [-0.2, -0.15) is 9.50 Å². The molecule has 0 unspecified atom stereocenters. The predicted molar refractivity (Wildman–Crippen MR) is 131 cm³/mol. The van der Waals surface area contributed by atoms with Gasteiger partial charge < -0.3 is 14.2 Å². The molecule has 2 aromatic heterocycles. The molecule has 4 rings (SSSR count). The molecule has 2 heterocycles. The van der Waals surface area contributed by atoms with Gasteiger partial charge >= 0.3 is 0 Å². The van der Waals surface area contributed by atoms with Gasteiger partial charge in [0.25, 0.3) is 5.56 Å². The molecular weight excluding hydrogens is 438 g/mol. The zero-order chi connectivity index (χ0) is 23.2. The molecule has 170 valence electrons. The molecule has 0 atom stereocenters. The number of hydrogen-bond donors (Lipinski definition) is 0. The van der Waals surface area contributed by atoms with Crippen molar-refractivity contribution in [3.63, 3.8) is 0 Å². The Bertz CT molecular complexity index is 1370. The maximum absolute atomic E-state index is 12.9. The fourth-order valence-corrected chi connectivity index (χ4v) is 4.09. The van der Waals surface area contributed by atoms with E-state index in [2.05, 4.69) is 17.0 Å². The van der Waals surface area contributed by atoms with Gasteiger partial charge in [0.2, 0.25) is 4.96 Å². The van der Waals surface area contributed by atoms with E-state index in [0.717, 1.165) is 23.3 Å². The van der Waals surface area contributed by atoms with E-state index in [0.29, 0.717) is 40.0 Å². The summed E-state index contributed by atoms with van der Waals surface area (Å²) in [7, 11) is 1.63. The molecular formula is C25H25N3O4S. The number of aromatic nitrogens is 3. The van der Waals surface area contributed by atoms with E-state index in [-0.39, 0.29) is 5.56 Å². The van der Waals surface area contributed by atoms with Crippen molar-refractivity contribution in [1.82, 2.24) is 14.6 Å². The molecule has 0 saturated carbocycles. The van der Waals surface area contributed by atoms with E-state index in [4.69, 9.17) is 14.2 Å². The van der Waals surface area contributed by atoms with E-state index in [1.807, 2.05) is 61.5 Å². The number of methoxy groups -OCH3 is 1. The van der Waals surface area contributed by atoms with Crippen LogP contribution >= 0.6 is 11.3 Å². The normalized spacial score (nSPS) is 12.0. The Labute approximate surface area is 195 Å². The summed E-state index contributed by atoms with van der Waals surface area (Å²) < 4.78 is 18.5. The second-order valence-electron chi connectivity index (χ2n) is 7.17. The number of fused-ring (bicyclic) bond motifs is 1. The maximum Gasteiger partial charge on any atom is 0.291 e. The lowest BCUT2D eigenvalue weighted by atomic mass is 10.2. The first-order valence-corrected chi connectivity index (χ1v) is 11.6. The third kappa shape index (κ3) is 5.23. The predicted octanol–water partition coefficient (Wildman–Crippen LogP) is 4.07. The van der Waals surface area contributed by atoms with Crippen molar-refractivity contribution in [2.24, 2.45) is 0 Å². The van der Waals surface area contributed by atoms with Crippen LogP contribution < -0.4 is 24.3 Å². The van der Waals surface area contributed by atoms with Gasteiger partial charge in [-0.1, -0.05) is 42.5 Å². The quantitative estimate of drug-likeness (QED) is 0.373. The number of hydrogen-bond acceptors (Lipinski definition) is 7. The van der Waals surface area contributed by atoms with Crippen molar-refractivity contribution in [2.75, 3.05) is 20.3 Å². The molecule has 0 bridgehead atoms. The van der Waals surface area contributed by atoms with Crippen LogP contribution in [0.25, 0.3) is 23.2 Å². The van der Waals surface area contributed by atoms with Gasteiger partial charge in [0.05, 0.1) is 24.9 Å². The van der Waals surface area contributed by atoms with Crippen molar-refractivity contribution in [2.45, 2.75) is 20.3 Å². The summed E-state index contributed by atoms with van der Waals surface area (Å²) in [5, 5.41) is 4.35. The van der Waals surface area contributed by atoms with Crippen molar-refractivity contribution >= 4 is 34.5 Å². The Morgan fingerprint density at radius 3 is 2.48 bits per heavy atom. The molecule has 0 aliphatic heterocycles. The lowest BCUT2D eigenvalue weighted by Gasteiger charge is -2.11. The van der Waals surface area contributed by atoms with Gasteiger partial charge in [-0.15, -0.1) is 5.10 Å². The maximum atomic E-state index is 12.9. The van der Waals surface area contributed by atoms with Crippen LogP contribution in [0.15, 0.2) is 47.3 Å². The van der Waals surface area contributed by atoms with E-state index >= 15 is 0 Å². The van der Waals surface area contributed by atoms with E-state index in [1.165, 1.54) is 15.9 Å². The van der Waals surface area contributed by atoms with Crippen LogP contribution in [0.2, 0.25) is 0 Å². The highest BCUT2D eigenvalue weighted by molar-refractivity contribution is 7.15. The van der Waals surface area contributed by atoms with Crippen molar-refractivity contribution < 1.29 is 14.2 Å². The van der Waals surface area contributed by atoms with Gasteiger partial charge in [-0.3, -0.25) is 4.79 Å². The highest BCUT2D eigenvalue weighted by Crippen LogP contribution is 2.29. The second kappa shape index (κ2) is 10.3. The third-order valence-electron chi connectivity index (χ3n) is 4.77. The Balaban J connectivity index is 1.59. The summed E-state index contributed by atoms with van der Waals surface area (Å²) >= 11 is 1.30. The van der Waals surface area contributed by atoms with Gasteiger partial charge in [0, 0.05) is 0 Å². The first-order valence-electron chi connectivity index (χ1n) is 10.7. The number of ether oxygens (including phenoxy) is 3. The molecule has 2 aromatic carbocycles. The van der Waals surface area contributed by atoms with Gasteiger partial charge in [0.1, 0.15) is 5.75 Å². The van der Waals surface area contributed by atoms with Crippen LogP contribution in [-0.4, -0.2) is 34.9 Å². The minimum Gasteiger partial charge on any atom is -0.497 e. The molecule has 4 aromatic rings. The molecule has 0 N–H and O–H groups in total. The monoisotopic (exact) mass is 463 g/mol. The summed E-state index contributed by atoms with van der Waals surface area (Å²) in [6.45, 7) is 5.13. The first kappa shape index (κ1) is 22.5. The van der Waals surface area contributed by atoms with Crippen LogP contribution in [0.4, 0.5) is 0 Å². The number of thiazole rings is 1. The molecule has 0 spiro atoms. The molecule has 0 aliphatic carbocycles. The second-order valence-corrected chi connectivity index (χ2v) is 8.18. The van der Waals surface area contributed by atoms with Crippen LogP contribution in [0.3, 0.4) is 0 Å². The topological polar surface area (TPSA) is 75.0 Å². The average molecular weight is 464 g/mol. The zero-order valence-electron chi connectivity index (χ0n) is 18.8. The lowest BCUT2D eigenvalue weighted by molar-refractivity contribution is 0.277. The zero-order valence-corrected chi connectivity index (χ0v) is 19.6. The SMILES string of the molecule is CCCOc1ccc(/C=c2/sc3nc(/C=C/c4ccc(OC)cc4)nn3c2=O)cc1OCC. The van der Waals surface area contributed by atoms with Crippen LogP contribution in [-0.2, 0) is 0 Å². The molecule has 0 radical (unpaired) electrons. The standard InChI is InChI=1S/C25H25N3O4S/c1-4-14-32-20-12-8-18(15-21(20)31-5-2)16-22-24(29)28-25(33-22)26-23(27-28)13-9-17-6-10-19(30-3)11-7-17/h6-13,15-16H,4-5,14H2,1-3H3/b13-9+,22-16+. The molecule has 7 nitrogen and oxygen atoms in total. The Morgan fingerprint density at radius 1 is 1.00 bits per heavy atom. The van der Waals surface area contributed by atoms with Crippen molar-refractivity contribution in [3.8, 4) is 17.2 Å². The summed E-state index contributed by atoms with van der Waals surface area (Å²) in [4.78, 5) is 17.9. The van der Waals surface area contributed by atoms with Crippen LogP contribution in [0, 0.1) is 0 Å². The number of benzene rings is 2. The van der Waals surface area contributed by atoms with E-state index < -0.39 is 0 Å². The highest BCUT2D eigenvalue weighted by atomic mass is 32.1. The van der Waals surface area contributed by atoms with Gasteiger partial charge in [-0.25, -0.2) is 0 Å². The summed E-state index contributed by atoms with van der Waals surface area (Å²) in [6, 6.07) is 13.3. The molecule has 33 heavy (non-hydrogen) atoms. The minimum absolute atomic E-state index is 0.198. The third-order valence-corrected chi connectivity index (χ3v) is 5.73. The largest absolute Gasteiger partial charge is 0.497 e. The Morgan fingerprint density at radius 2 is 1.79 bits per heavy atom. The van der Waals surface area contributed by atoms with Crippen molar-refractivity contribution in [1.29, 1.82) is 0 Å². The fourth-order valence-electron chi connectivity index (χ4n) is 3.17. The molecule has 0 fully saturated rings. The number of rotatable bonds is 9. The van der Waals surface area contributed by atoms with E-state index in [9.17, 15) is 4.79 Å². The fraction of sp³-hybridized carbons (Fsp3) is 0.240. The molecule has 0 aliphatic rings. The number of nitrogens with zero attached hydrogens (tertiary/aromatic N) is 3. The van der Waals surface area contributed by atoms with Crippen LogP contribution in [0.5, 0.6) is 17.2 Å². The van der Waals surface area contributed by atoms with Gasteiger partial charge in [0.15, 0.2) is 17.3 Å². The molecule has 0 amide bonds. The Hall–Kier alpha value is -3.65. The van der Waals surface area contributed by atoms with E-state index in [1.54, 1.807) is 13.2 Å². The first-order chi connectivity index (χ1) is 16.1.